The van der Waals surface area contributed by atoms with Crippen LogP contribution in [0.25, 0.3) is 6.08 Å². The fourth-order valence-electron chi connectivity index (χ4n) is 2.81. The van der Waals surface area contributed by atoms with E-state index < -0.39 is 5.97 Å². The standard InChI is InChI=1S/C21H21NO7/c1-24-14-9-13(10-15(11-14)25-2)20-22-16(21(23)29-20)6-12-7-17(26-3)19(28-5)18(8-12)27-4/h6-11H,1-5H3/b16-6+. The van der Waals surface area contributed by atoms with Crippen LogP contribution >= 0.6 is 0 Å². The summed E-state index contributed by atoms with van der Waals surface area (Å²) in [6.07, 6.45) is 1.58. The van der Waals surface area contributed by atoms with E-state index >= 15 is 0 Å². The van der Waals surface area contributed by atoms with Crippen molar-refractivity contribution in [2.24, 2.45) is 4.99 Å². The van der Waals surface area contributed by atoms with E-state index in [0.717, 1.165) is 0 Å². The number of nitrogens with zero attached hydrogens (tertiary/aromatic N) is 1. The normalized spacial score (nSPS) is 14.3. The van der Waals surface area contributed by atoms with Gasteiger partial charge in [0.15, 0.2) is 17.2 Å². The van der Waals surface area contributed by atoms with Crippen LogP contribution in [0, 0.1) is 0 Å². The third kappa shape index (κ3) is 4.11. The first-order valence-corrected chi connectivity index (χ1v) is 8.59. The van der Waals surface area contributed by atoms with Gasteiger partial charge in [-0.15, -0.1) is 0 Å². The number of hydrogen-bond acceptors (Lipinski definition) is 8. The second-order valence-corrected chi connectivity index (χ2v) is 5.90. The molecule has 0 spiro atoms. The van der Waals surface area contributed by atoms with Crippen LogP contribution in [0.3, 0.4) is 0 Å². The molecular weight excluding hydrogens is 378 g/mol. The topological polar surface area (TPSA) is 84.8 Å². The molecule has 0 atom stereocenters. The lowest BCUT2D eigenvalue weighted by Crippen LogP contribution is -2.06. The van der Waals surface area contributed by atoms with Gasteiger partial charge in [-0.1, -0.05) is 0 Å². The summed E-state index contributed by atoms with van der Waals surface area (Å²) in [6.45, 7) is 0. The fraction of sp³-hybridized carbons (Fsp3) is 0.238. The molecule has 0 saturated heterocycles. The molecule has 0 unspecified atom stereocenters. The highest BCUT2D eigenvalue weighted by molar-refractivity contribution is 6.13. The lowest BCUT2D eigenvalue weighted by molar-refractivity contribution is -0.129. The van der Waals surface area contributed by atoms with Gasteiger partial charge in [-0.2, -0.15) is 0 Å². The first kappa shape index (κ1) is 20.1. The number of carbonyl (C=O) groups is 1. The second-order valence-electron chi connectivity index (χ2n) is 5.90. The van der Waals surface area contributed by atoms with Crippen molar-refractivity contribution in [2.45, 2.75) is 0 Å². The maximum atomic E-state index is 12.3. The average molecular weight is 399 g/mol. The van der Waals surface area contributed by atoms with Gasteiger partial charge in [-0.3, -0.25) is 0 Å². The molecule has 29 heavy (non-hydrogen) atoms. The minimum absolute atomic E-state index is 0.135. The predicted molar refractivity (Wildman–Crippen MR) is 106 cm³/mol. The lowest BCUT2D eigenvalue weighted by Gasteiger charge is -2.12. The van der Waals surface area contributed by atoms with Gasteiger partial charge in [0.05, 0.1) is 35.5 Å². The number of cyclic esters (lactones) is 1. The molecule has 0 amide bonds. The zero-order valence-corrected chi connectivity index (χ0v) is 16.8. The molecule has 1 aliphatic rings. The molecule has 8 nitrogen and oxygen atoms in total. The summed E-state index contributed by atoms with van der Waals surface area (Å²) < 4.78 is 31.8. The smallest absolute Gasteiger partial charge is 0.363 e. The molecule has 2 aromatic carbocycles. The maximum Gasteiger partial charge on any atom is 0.363 e. The molecule has 8 heteroatoms. The zero-order chi connectivity index (χ0) is 21.0. The molecule has 0 aromatic heterocycles. The van der Waals surface area contributed by atoms with Crippen molar-refractivity contribution in [2.75, 3.05) is 35.5 Å². The Morgan fingerprint density at radius 3 is 1.86 bits per heavy atom. The minimum atomic E-state index is -0.574. The Hall–Kier alpha value is -3.68. The Morgan fingerprint density at radius 2 is 1.38 bits per heavy atom. The Bertz CT molecular complexity index is 947. The first-order valence-electron chi connectivity index (χ1n) is 8.59. The van der Waals surface area contributed by atoms with Gasteiger partial charge in [0, 0.05) is 11.6 Å². The van der Waals surface area contributed by atoms with Crippen molar-refractivity contribution < 1.29 is 33.2 Å². The molecule has 0 saturated carbocycles. The highest BCUT2D eigenvalue weighted by Gasteiger charge is 2.25. The quantitative estimate of drug-likeness (QED) is 0.522. The van der Waals surface area contributed by atoms with Crippen molar-refractivity contribution in [1.82, 2.24) is 0 Å². The van der Waals surface area contributed by atoms with E-state index in [0.29, 0.717) is 39.9 Å². The summed E-state index contributed by atoms with van der Waals surface area (Å²) in [4.78, 5) is 16.7. The third-order valence-electron chi connectivity index (χ3n) is 4.21. The number of aliphatic imine (C=N–C) groups is 1. The summed E-state index contributed by atoms with van der Waals surface area (Å²) in [6, 6.07) is 8.55. The Labute approximate surface area is 168 Å². The monoisotopic (exact) mass is 399 g/mol. The number of hydrogen-bond donors (Lipinski definition) is 0. The molecule has 2 aromatic rings. The SMILES string of the molecule is COc1cc(OC)cc(C2=N/C(=C/c3cc(OC)c(OC)c(OC)c3)C(=O)O2)c1. The molecular formula is C21H21NO7. The Balaban J connectivity index is 2.01. The molecule has 0 fully saturated rings. The number of carbonyl (C=O) groups excluding carboxylic acids is 1. The summed E-state index contributed by atoms with van der Waals surface area (Å²) in [7, 11) is 7.63. The molecule has 3 rings (SSSR count). The highest BCUT2D eigenvalue weighted by Crippen LogP contribution is 2.39. The van der Waals surface area contributed by atoms with Gasteiger partial charge in [-0.25, -0.2) is 9.79 Å². The van der Waals surface area contributed by atoms with Crippen LogP contribution in [0.5, 0.6) is 28.7 Å². The van der Waals surface area contributed by atoms with Crippen molar-refractivity contribution in [1.29, 1.82) is 0 Å². The molecule has 152 valence electrons. The van der Waals surface area contributed by atoms with Crippen LogP contribution in [0.15, 0.2) is 41.0 Å². The molecule has 1 aliphatic heterocycles. The highest BCUT2D eigenvalue weighted by atomic mass is 16.6. The molecule has 0 radical (unpaired) electrons. The largest absolute Gasteiger partial charge is 0.497 e. The minimum Gasteiger partial charge on any atom is -0.497 e. The maximum absolute atomic E-state index is 12.3. The van der Waals surface area contributed by atoms with Gasteiger partial charge in [0.2, 0.25) is 11.6 Å². The molecule has 0 aliphatic carbocycles. The Kier molecular flexibility index (Phi) is 5.92. The number of rotatable bonds is 7. The van der Waals surface area contributed by atoms with Gasteiger partial charge < -0.3 is 28.4 Å². The third-order valence-corrected chi connectivity index (χ3v) is 4.21. The van der Waals surface area contributed by atoms with E-state index in [1.807, 2.05) is 0 Å². The van der Waals surface area contributed by atoms with Crippen molar-refractivity contribution in [3.8, 4) is 28.7 Å². The van der Waals surface area contributed by atoms with Gasteiger partial charge >= 0.3 is 5.97 Å². The Morgan fingerprint density at radius 1 is 0.793 bits per heavy atom. The van der Waals surface area contributed by atoms with E-state index in [4.69, 9.17) is 28.4 Å². The number of benzene rings is 2. The molecule has 0 N–H and O–H groups in total. The van der Waals surface area contributed by atoms with E-state index in [1.165, 1.54) is 35.5 Å². The first-order chi connectivity index (χ1) is 14.0. The van der Waals surface area contributed by atoms with E-state index in [1.54, 1.807) is 36.4 Å². The zero-order valence-electron chi connectivity index (χ0n) is 16.8. The second kappa shape index (κ2) is 8.55. The lowest BCUT2D eigenvalue weighted by atomic mass is 10.1. The van der Waals surface area contributed by atoms with Crippen molar-refractivity contribution in [3.05, 3.63) is 47.2 Å². The fourth-order valence-corrected chi connectivity index (χ4v) is 2.81. The van der Waals surface area contributed by atoms with Crippen LogP contribution in [0.4, 0.5) is 0 Å². The number of methoxy groups -OCH3 is 5. The van der Waals surface area contributed by atoms with Crippen molar-refractivity contribution >= 4 is 17.9 Å². The predicted octanol–water partition coefficient (Wildman–Crippen LogP) is 3.07. The summed E-state index contributed by atoms with van der Waals surface area (Å²) in [5.74, 6) is 2.08. The van der Waals surface area contributed by atoms with Gasteiger partial charge in [0.1, 0.15) is 11.5 Å². The van der Waals surface area contributed by atoms with Crippen LogP contribution in [0.1, 0.15) is 11.1 Å². The summed E-state index contributed by atoms with van der Waals surface area (Å²) >= 11 is 0. The average Bonchev–Trinajstić information content (AvgIpc) is 3.12. The van der Waals surface area contributed by atoms with E-state index in [-0.39, 0.29) is 11.6 Å². The molecule has 1 heterocycles. The van der Waals surface area contributed by atoms with Crippen LogP contribution < -0.4 is 23.7 Å². The van der Waals surface area contributed by atoms with Gasteiger partial charge in [0.25, 0.3) is 0 Å². The van der Waals surface area contributed by atoms with E-state index in [9.17, 15) is 4.79 Å². The van der Waals surface area contributed by atoms with Gasteiger partial charge in [-0.05, 0) is 35.9 Å². The van der Waals surface area contributed by atoms with Crippen LogP contribution in [-0.4, -0.2) is 47.4 Å². The summed E-state index contributed by atoms with van der Waals surface area (Å²) in [5.41, 5.74) is 1.33. The van der Waals surface area contributed by atoms with Crippen molar-refractivity contribution in [3.63, 3.8) is 0 Å². The van der Waals surface area contributed by atoms with E-state index in [2.05, 4.69) is 4.99 Å². The van der Waals surface area contributed by atoms with Crippen LogP contribution in [0.2, 0.25) is 0 Å². The summed E-state index contributed by atoms with van der Waals surface area (Å²) in [5, 5.41) is 0. The van der Waals surface area contributed by atoms with Crippen LogP contribution in [-0.2, 0) is 9.53 Å². The number of ether oxygens (including phenoxy) is 6. The molecule has 0 bridgehead atoms. The number of esters is 1.